The number of hydrogen-bond donors (Lipinski definition) is 2. The number of carbonyl (C=O) groups excluding carboxylic acids is 2. The molecule has 5 rings (SSSR count). The van der Waals surface area contributed by atoms with E-state index in [2.05, 4.69) is 26.5 Å². The predicted molar refractivity (Wildman–Crippen MR) is 139 cm³/mol. The van der Waals surface area contributed by atoms with Gasteiger partial charge in [0.1, 0.15) is 11.6 Å². The van der Waals surface area contributed by atoms with E-state index in [1.165, 1.54) is 24.3 Å². The topological polar surface area (TPSA) is 73.9 Å². The van der Waals surface area contributed by atoms with Crippen LogP contribution in [0.25, 0.3) is 0 Å². The van der Waals surface area contributed by atoms with Gasteiger partial charge in [-0.1, -0.05) is 12.1 Å². The van der Waals surface area contributed by atoms with Crippen LogP contribution in [0.15, 0.2) is 66.7 Å². The van der Waals surface area contributed by atoms with Crippen LogP contribution >= 0.6 is 0 Å². The summed E-state index contributed by atoms with van der Waals surface area (Å²) in [5.41, 5.74) is 3.29. The molecule has 36 heavy (non-hydrogen) atoms. The summed E-state index contributed by atoms with van der Waals surface area (Å²) in [6.07, 6.45) is 1.97. The van der Waals surface area contributed by atoms with Crippen LogP contribution in [0.5, 0.6) is 5.75 Å². The number of ether oxygens (including phenoxy) is 1. The summed E-state index contributed by atoms with van der Waals surface area (Å²) in [6, 6.07) is 19.0. The fourth-order valence-corrected chi connectivity index (χ4v) is 4.45. The number of benzene rings is 3. The summed E-state index contributed by atoms with van der Waals surface area (Å²) in [5.74, 6) is -0.0586. The van der Waals surface area contributed by atoms with Gasteiger partial charge >= 0.3 is 0 Å². The minimum Gasteiger partial charge on any atom is -0.495 e. The van der Waals surface area contributed by atoms with Gasteiger partial charge in [-0.2, -0.15) is 0 Å². The monoisotopic (exact) mass is 488 g/mol. The number of halogens is 1. The average Bonchev–Trinajstić information content (AvgIpc) is 3.73. The number of nitrogens with zero attached hydrogens (tertiary/aromatic N) is 2. The summed E-state index contributed by atoms with van der Waals surface area (Å²) in [4.78, 5) is 30.3. The zero-order chi connectivity index (χ0) is 25.1. The van der Waals surface area contributed by atoms with Crippen LogP contribution in [0.1, 0.15) is 33.6 Å². The first-order chi connectivity index (χ1) is 17.5. The van der Waals surface area contributed by atoms with Crippen LogP contribution in [0.2, 0.25) is 0 Å². The number of nitrogens with one attached hydrogen (secondary N) is 2. The summed E-state index contributed by atoms with van der Waals surface area (Å²) < 4.78 is 18.7. The van der Waals surface area contributed by atoms with Crippen molar-refractivity contribution in [3.63, 3.8) is 0 Å². The van der Waals surface area contributed by atoms with Gasteiger partial charge in [-0.05, 0) is 67.4 Å². The lowest BCUT2D eigenvalue weighted by molar-refractivity contribution is 0.0950. The number of hydrogen-bond acceptors (Lipinski definition) is 5. The van der Waals surface area contributed by atoms with Crippen LogP contribution < -0.4 is 25.2 Å². The molecule has 0 spiro atoms. The third kappa shape index (κ3) is 5.27. The highest BCUT2D eigenvalue weighted by molar-refractivity contribution is 6.06. The van der Waals surface area contributed by atoms with Crippen LogP contribution in [-0.4, -0.2) is 51.1 Å². The lowest BCUT2D eigenvalue weighted by atomic mass is 10.1. The second-order valence-electron chi connectivity index (χ2n) is 9.09. The van der Waals surface area contributed by atoms with E-state index < -0.39 is 5.82 Å². The Bertz CT molecular complexity index is 1250. The Morgan fingerprint density at radius 3 is 2.19 bits per heavy atom. The second kappa shape index (κ2) is 10.3. The molecule has 0 bridgehead atoms. The first-order valence-electron chi connectivity index (χ1n) is 12.2. The molecular weight excluding hydrogens is 459 g/mol. The number of piperazine rings is 1. The van der Waals surface area contributed by atoms with Crippen molar-refractivity contribution in [1.29, 1.82) is 0 Å². The van der Waals surface area contributed by atoms with Crippen molar-refractivity contribution in [2.45, 2.75) is 18.9 Å². The largest absolute Gasteiger partial charge is 0.495 e. The lowest BCUT2D eigenvalue weighted by Gasteiger charge is -2.38. The van der Waals surface area contributed by atoms with Crippen LogP contribution in [0.4, 0.5) is 21.5 Å². The molecule has 1 saturated carbocycles. The fourth-order valence-electron chi connectivity index (χ4n) is 4.45. The first-order valence-corrected chi connectivity index (χ1v) is 12.2. The van der Waals surface area contributed by atoms with Gasteiger partial charge in [0.05, 0.1) is 18.4 Å². The molecule has 3 aromatic carbocycles. The fraction of sp³-hybridized carbons (Fsp3) is 0.286. The van der Waals surface area contributed by atoms with Crippen molar-refractivity contribution in [1.82, 2.24) is 5.32 Å². The van der Waals surface area contributed by atoms with Gasteiger partial charge < -0.3 is 25.2 Å². The van der Waals surface area contributed by atoms with E-state index in [0.717, 1.165) is 56.1 Å². The average molecular weight is 489 g/mol. The van der Waals surface area contributed by atoms with Crippen molar-refractivity contribution < 1.29 is 18.7 Å². The van der Waals surface area contributed by atoms with Gasteiger partial charge in [0, 0.05) is 49.2 Å². The molecule has 7 nitrogen and oxygen atoms in total. The predicted octanol–water partition coefficient (Wildman–Crippen LogP) is 4.31. The maximum absolute atomic E-state index is 13.2. The number of anilines is 3. The third-order valence-electron chi connectivity index (χ3n) is 6.56. The van der Waals surface area contributed by atoms with E-state index in [-0.39, 0.29) is 17.9 Å². The highest BCUT2D eigenvalue weighted by Crippen LogP contribution is 2.31. The molecule has 186 valence electrons. The molecule has 2 aliphatic rings. The number of para-hydroxylation sites is 2. The van der Waals surface area contributed by atoms with Crippen molar-refractivity contribution in [2.75, 3.05) is 48.4 Å². The molecule has 2 N–H and O–H groups in total. The Morgan fingerprint density at radius 2 is 1.53 bits per heavy atom. The summed E-state index contributed by atoms with van der Waals surface area (Å²) in [5, 5.41) is 5.90. The van der Waals surface area contributed by atoms with Gasteiger partial charge in [-0.15, -0.1) is 0 Å². The molecule has 0 unspecified atom stereocenters. The van der Waals surface area contributed by atoms with E-state index in [4.69, 9.17) is 4.74 Å². The standard InChI is InChI=1S/C28H29FN4O3/c1-36-26-5-3-2-4-25(26)33-16-14-32(15-17-33)24-13-12-22(18-23(24)28(35)30-21-10-11-21)31-27(34)19-6-8-20(29)9-7-19/h2-9,12-13,18,21H,10-11,14-17H2,1H3,(H,30,35)(H,31,34). The van der Waals surface area contributed by atoms with Gasteiger partial charge in [0.15, 0.2) is 0 Å². The van der Waals surface area contributed by atoms with Crippen LogP contribution in [0, 0.1) is 5.82 Å². The third-order valence-corrected chi connectivity index (χ3v) is 6.56. The van der Waals surface area contributed by atoms with E-state index in [9.17, 15) is 14.0 Å². The summed E-state index contributed by atoms with van der Waals surface area (Å²) in [6.45, 7) is 3.05. The van der Waals surface area contributed by atoms with Crippen molar-refractivity contribution in [3.05, 3.63) is 83.7 Å². The minimum absolute atomic E-state index is 0.141. The SMILES string of the molecule is COc1ccccc1N1CCN(c2ccc(NC(=O)c3ccc(F)cc3)cc2C(=O)NC2CC2)CC1. The van der Waals surface area contributed by atoms with Gasteiger partial charge in [0.2, 0.25) is 0 Å². The molecule has 2 fully saturated rings. The Labute approximate surface area is 209 Å². The first kappa shape index (κ1) is 23.7. The molecule has 0 atom stereocenters. The molecule has 1 saturated heterocycles. The Kier molecular flexibility index (Phi) is 6.75. The zero-order valence-corrected chi connectivity index (χ0v) is 20.2. The van der Waals surface area contributed by atoms with E-state index in [0.29, 0.717) is 16.8 Å². The number of rotatable bonds is 7. The van der Waals surface area contributed by atoms with Crippen molar-refractivity contribution >= 4 is 28.9 Å². The Morgan fingerprint density at radius 1 is 0.861 bits per heavy atom. The highest BCUT2D eigenvalue weighted by atomic mass is 19.1. The molecular formula is C28H29FN4O3. The number of methoxy groups -OCH3 is 1. The lowest BCUT2D eigenvalue weighted by Crippen LogP contribution is -2.47. The molecule has 0 radical (unpaired) electrons. The number of carbonyl (C=O) groups is 2. The molecule has 1 heterocycles. The van der Waals surface area contributed by atoms with Gasteiger partial charge in [0.25, 0.3) is 11.8 Å². The van der Waals surface area contributed by atoms with Crippen molar-refractivity contribution in [2.24, 2.45) is 0 Å². The van der Waals surface area contributed by atoms with Crippen molar-refractivity contribution in [3.8, 4) is 5.75 Å². The maximum atomic E-state index is 13.2. The summed E-state index contributed by atoms with van der Waals surface area (Å²) >= 11 is 0. The minimum atomic E-state index is -0.402. The quantitative estimate of drug-likeness (QED) is 0.519. The number of amides is 2. The molecule has 2 amide bonds. The van der Waals surface area contributed by atoms with Crippen LogP contribution in [-0.2, 0) is 0 Å². The van der Waals surface area contributed by atoms with Gasteiger partial charge in [-0.3, -0.25) is 9.59 Å². The molecule has 3 aromatic rings. The summed E-state index contributed by atoms with van der Waals surface area (Å²) in [7, 11) is 1.68. The zero-order valence-electron chi connectivity index (χ0n) is 20.2. The normalized spacial score (nSPS) is 15.4. The van der Waals surface area contributed by atoms with E-state index in [1.54, 1.807) is 19.2 Å². The van der Waals surface area contributed by atoms with Crippen LogP contribution in [0.3, 0.4) is 0 Å². The molecule has 1 aliphatic heterocycles. The highest BCUT2D eigenvalue weighted by Gasteiger charge is 2.28. The smallest absolute Gasteiger partial charge is 0.255 e. The Balaban J connectivity index is 1.34. The molecule has 8 heteroatoms. The maximum Gasteiger partial charge on any atom is 0.255 e. The molecule has 0 aromatic heterocycles. The molecule has 1 aliphatic carbocycles. The second-order valence-corrected chi connectivity index (χ2v) is 9.09. The Hall–Kier alpha value is -4.07. The van der Waals surface area contributed by atoms with E-state index >= 15 is 0 Å². The van der Waals surface area contributed by atoms with E-state index in [1.807, 2.05) is 24.3 Å². The van der Waals surface area contributed by atoms with Gasteiger partial charge in [-0.25, -0.2) is 4.39 Å².